The molecule has 1 N–H and O–H groups in total. The topological polar surface area (TPSA) is 41.6 Å². The van der Waals surface area contributed by atoms with Crippen molar-refractivity contribution in [1.82, 2.24) is 10.2 Å². The summed E-state index contributed by atoms with van der Waals surface area (Å²) in [5.74, 6) is 0.797. The van der Waals surface area contributed by atoms with Gasteiger partial charge in [0.15, 0.2) is 0 Å². The summed E-state index contributed by atoms with van der Waals surface area (Å²) < 4.78 is 5.53. The number of carbonyl (C=O) groups is 1. The van der Waals surface area contributed by atoms with Crippen LogP contribution in [0.4, 0.5) is 4.79 Å². The van der Waals surface area contributed by atoms with Crippen LogP contribution in [-0.4, -0.2) is 42.8 Å². The van der Waals surface area contributed by atoms with E-state index in [-0.39, 0.29) is 6.09 Å². The quantitative estimate of drug-likeness (QED) is 0.703. The van der Waals surface area contributed by atoms with E-state index in [0.29, 0.717) is 5.41 Å². The first kappa shape index (κ1) is 20.3. The third-order valence-corrected chi connectivity index (χ3v) is 5.57. The molecule has 1 atom stereocenters. The molecule has 1 saturated heterocycles. The lowest BCUT2D eigenvalue weighted by atomic mass is 9.74. The Hall–Kier alpha value is -1.03. The summed E-state index contributed by atoms with van der Waals surface area (Å²) in [6, 6.07) is 0. The molecule has 25 heavy (non-hydrogen) atoms. The highest BCUT2D eigenvalue weighted by atomic mass is 16.6. The summed E-state index contributed by atoms with van der Waals surface area (Å²) in [5.41, 5.74) is -0.0667. The number of hydrogen-bond donors (Lipinski definition) is 1. The number of hydrogen-bond acceptors (Lipinski definition) is 3. The van der Waals surface area contributed by atoms with Gasteiger partial charge in [0, 0.05) is 19.6 Å². The van der Waals surface area contributed by atoms with E-state index in [1.54, 1.807) is 0 Å². The largest absolute Gasteiger partial charge is 0.444 e. The van der Waals surface area contributed by atoms with Crippen molar-refractivity contribution >= 4 is 6.09 Å². The molecule has 4 nitrogen and oxygen atoms in total. The van der Waals surface area contributed by atoms with Crippen LogP contribution >= 0.6 is 0 Å². The molecule has 1 aliphatic carbocycles. The average Bonchev–Trinajstić information content (AvgIpc) is 2.55. The summed E-state index contributed by atoms with van der Waals surface area (Å²) in [7, 11) is 0. The van der Waals surface area contributed by atoms with Crippen LogP contribution in [0.25, 0.3) is 0 Å². The highest BCUT2D eigenvalue weighted by Gasteiger charge is 2.36. The van der Waals surface area contributed by atoms with Gasteiger partial charge in [-0.2, -0.15) is 0 Å². The lowest BCUT2D eigenvalue weighted by Crippen LogP contribution is -2.48. The van der Waals surface area contributed by atoms with E-state index >= 15 is 0 Å². The molecule has 0 aromatic heterocycles. The molecule has 144 valence electrons. The maximum Gasteiger partial charge on any atom is 0.410 e. The lowest BCUT2D eigenvalue weighted by Gasteiger charge is -2.42. The van der Waals surface area contributed by atoms with Crippen LogP contribution in [-0.2, 0) is 4.74 Å². The Kier molecular flexibility index (Phi) is 7.36. The molecule has 2 aliphatic rings. The Morgan fingerprint density at radius 1 is 1.28 bits per heavy atom. The van der Waals surface area contributed by atoms with Gasteiger partial charge in [0.05, 0.1) is 0 Å². The normalized spacial score (nSPS) is 23.5. The molecule has 0 spiro atoms. The van der Waals surface area contributed by atoms with Crippen molar-refractivity contribution in [2.24, 2.45) is 11.3 Å². The van der Waals surface area contributed by atoms with Gasteiger partial charge in [-0.1, -0.05) is 25.5 Å². The van der Waals surface area contributed by atoms with Gasteiger partial charge >= 0.3 is 6.09 Å². The summed E-state index contributed by atoms with van der Waals surface area (Å²) in [6.45, 7) is 11.9. The van der Waals surface area contributed by atoms with Gasteiger partial charge in [0.25, 0.3) is 0 Å². The summed E-state index contributed by atoms with van der Waals surface area (Å²) in [5, 5.41) is 3.76. The van der Waals surface area contributed by atoms with Crippen LogP contribution < -0.4 is 5.32 Å². The summed E-state index contributed by atoms with van der Waals surface area (Å²) in [4.78, 5) is 14.2. The van der Waals surface area contributed by atoms with Crippen LogP contribution in [0, 0.1) is 11.3 Å². The van der Waals surface area contributed by atoms with Crippen molar-refractivity contribution in [3.05, 3.63) is 12.2 Å². The fourth-order valence-corrected chi connectivity index (χ4v) is 4.12. The first-order chi connectivity index (χ1) is 11.8. The van der Waals surface area contributed by atoms with Gasteiger partial charge in [-0.15, -0.1) is 0 Å². The van der Waals surface area contributed by atoms with Crippen molar-refractivity contribution in [3.8, 4) is 0 Å². The molecule has 0 bridgehead atoms. The van der Waals surface area contributed by atoms with Crippen molar-refractivity contribution < 1.29 is 9.53 Å². The first-order valence-electron chi connectivity index (χ1n) is 10.2. The van der Waals surface area contributed by atoms with Crippen molar-refractivity contribution in [2.45, 2.75) is 78.2 Å². The van der Waals surface area contributed by atoms with E-state index in [9.17, 15) is 4.79 Å². The number of piperidine rings is 1. The zero-order valence-electron chi connectivity index (χ0n) is 16.8. The molecule has 1 unspecified atom stereocenters. The summed E-state index contributed by atoms with van der Waals surface area (Å²) >= 11 is 0. The zero-order valence-corrected chi connectivity index (χ0v) is 16.8. The molecular formula is C21H38N2O2. The van der Waals surface area contributed by atoms with E-state index in [1.165, 1.54) is 32.1 Å². The van der Waals surface area contributed by atoms with Crippen LogP contribution in [0.5, 0.6) is 0 Å². The maximum absolute atomic E-state index is 12.3. The number of likely N-dealkylation sites (tertiary alicyclic amines) is 1. The highest BCUT2D eigenvalue weighted by molar-refractivity contribution is 5.68. The Bertz CT molecular complexity index is 445. The van der Waals surface area contributed by atoms with E-state index in [0.717, 1.165) is 44.9 Å². The maximum atomic E-state index is 12.3. The van der Waals surface area contributed by atoms with Crippen LogP contribution in [0.15, 0.2) is 12.2 Å². The van der Waals surface area contributed by atoms with Crippen molar-refractivity contribution in [2.75, 3.05) is 26.2 Å². The Labute approximate surface area is 154 Å². The first-order valence-corrected chi connectivity index (χ1v) is 10.2. The summed E-state index contributed by atoms with van der Waals surface area (Å²) in [6.07, 6.45) is 12.9. The molecule has 4 heteroatoms. The molecule has 0 aromatic rings. The number of nitrogens with one attached hydrogen (secondary N) is 1. The van der Waals surface area contributed by atoms with Crippen LogP contribution in [0.1, 0.15) is 72.6 Å². The van der Waals surface area contributed by atoms with Gasteiger partial charge in [0.2, 0.25) is 0 Å². The minimum atomic E-state index is -0.412. The SMILES string of the molecule is CCCC1(CNCC2CC=CCC2)CCN(C(=O)OC(C)(C)C)CC1. The zero-order chi connectivity index (χ0) is 18.3. The van der Waals surface area contributed by atoms with Crippen molar-refractivity contribution in [1.29, 1.82) is 0 Å². The Morgan fingerprint density at radius 3 is 2.56 bits per heavy atom. The van der Waals surface area contributed by atoms with Crippen LogP contribution in [0.3, 0.4) is 0 Å². The minimum Gasteiger partial charge on any atom is -0.444 e. The Morgan fingerprint density at radius 2 is 2.00 bits per heavy atom. The molecule has 0 aromatic carbocycles. The highest BCUT2D eigenvalue weighted by Crippen LogP contribution is 2.36. The lowest BCUT2D eigenvalue weighted by molar-refractivity contribution is 0.00870. The predicted molar refractivity (Wildman–Crippen MR) is 104 cm³/mol. The molecular weight excluding hydrogens is 312 g/mol. The van der Waals surface area contributed by atoms with E-state index in [1.807, 2.05) is 25.7 Å². The van der Waals surface area contributed by atoms with Gasteiger partial charge in [-0.25, -0.2) is 4.79 Å². The van der Waals surface area contributed by atoms with Crippen molar-refractivity contribution in [3.63, 3.8) is 0 Å². The number of allylic oxidation sites excluding steroid dienone is 2. The minimum absolute atomic E-state index is 0.153. The van der Waals surface area contributed by atoms with E-state index in [4.69, 9.17) is 4.74 Å². The number of nitrogens with zero attached hydrogens (tertiary/aromatic N) is 1. The number of carbonyl (C=O) groups excluding carboxylic acids is 1. The van der Waals surface area contributed by atoms with Crippen LogP contribution in [0.2, 0.25) is 0 Å². The number of amides is 1. The van der Waals surface area contributed by atoms with Gasteiger partial charge in [-0.3, -0.25) is 0 Å². The van der Waals surface area contributed by atoms with Gasteiger partial charge < -0.3 is 15.0 Å². The predicted octanol–water partition coefficient (Wildman–Crippen LogP) is 4.75. The second-order valence-corrected chi connectivity index (χ2v) is 9.00. The number of rotatable bonds is 6. The van der Waals surface area contributed by atoms with E-state index in [2.05, 4.69) is 24.4 Å². The molecule has 2 rings (SSSR count). The monoisotopic (exact) mass is 350 g/mol. The molecule has 0 saturated carbocycles. The second kappa shape index (κ2) is 9.07. The molecule has 1 fully saturated rings. The third kappa shape index (κ3) is 6.65. The smallest absolute Gasteiger partial charge is 0.410 e. The molecule has 1 aliphatic heterocycles. The molecule has 1 heterocycles. The Balaban J connectivity index is 1.80. The molecule has 1 amide bonds. The number of ether oxygens (including phenoxy) is 1. The molecule has 0 radical (unpaired) electrons. The van der Waals surface area contributed by atoms with Gasteiger partial charge in [0.1, 0.15) is 5.60 Å². The fourth-order valence-electron chi connectivity index (χ4n) is 4.12. The van der Waals surface area contributed by atoms with E-state index < -0.39 is 5.60 Å². The fraction of sp³-hybridized carbons (Fsp3) is 0.857. The standard InChI is InChI=1S/C21H38N2O2/c1-5-11-21(17-22-16-18-9-7-6-8-10-18)12-14-23(15-13-21)19(24)25-20(2,3)4/h6-7,18,22H,5,8-17H2,1-4H3. The average molecular weight is 351 g/mol. The third-order valence-electron chi connectivity index (χ3n) is 5.57. The van der Waals surface area contributed by atoms with Gasteiger partial charge in [-0.05, 0) is 77.2 Å². The second-order valence-electron chi connectivity index (χ2n) is 9.00.